The van der Waals surface area contributed by atoms with E-state index in [0.29, 0.717) is 16.2 Å². The fourth-order valence-electron chi connectivity index (χ4n) is 3.14. The molecule has 1 saturated carbocycles. The van der Waals surface area contributed by atoms with E-state index in [-0.39, 0.29) is 17.3 Å². The minimum absolute atomic E-state index is 0.0628. The Hall–Kier alpha value is -2.24. The second-order valence-corrected chi connectivity index (χ2v) is 6.82. The summed E-state index contributed by atoms with van der Waals surface area (Å²) in [6.45, 7) is 4.48. The van der Waals surface area contributed by atoms with E-state index in [1.165, 1.54) is 16.8 Å². The Balaban J connectivity index is 2.03. The van der Waals surface area contributed by atoms with Gasteiger partial charge in [0, 0.05) is 17.5 Å². The van der Waals surface area contributed by atoms with E-state index in [1.807, 2.05) is 0 Å². The maximum absolute atomic E-state index is 12.6. The van der Waals surface area contributed by atoms with Gasteiger partial charge in [0.25, 0.3) is 11.2 Å². The summed E-state index contributed by atoms with van der Waals surface area (Å²) in [5.74, 6) is 0. The molecule has 1 heterocycles. The number of nitro benzene ring substituents is 1. The third-order valence-corrected chi connectivity index (χ3v) is 4.66. The molecule has 1 aliphatic rings. The van der Waals surface area contributed by atoms with Gasteiger partial charge in [-0.15, -0.1) is 0 Å². The highest BCUT2D eigenvalue weighted by Gasteiger charge is 2.29. The van der Waals surface area contributed by atoms with Crippen LogP contribution in [-0.4, -0.2) is 14.7 Å². The third kappa shape index (κ3) is 2.61. The van der Waals surface area contributed by atoms with Gasteiger partial charge in [0.15, 0.2) is 0 Å². The Morgan fingerprint density at radius 3 is 2.64 bits per heavy atom. The topological polar surface area (TPSA) is 78.0 Å². The lowest BCUT2D eigenvalue weighted by molar-refractivity contribution is -0.384. The van der Waals surface area contributed by atoms with Gasteiger partial charge in [-0.3, -0.25) is 14.9 Å². The molecule has 2 aromatic rings. The molecule has 0 atom stereocenters. The van der Waals surface area contributed by atoms with Gasteiger partial charge in [0.05, 0.1) is 22.5 Å². The first-order chi connectivity index (χ1) is 10.4. The molecule has 0 radical (unpaired) electrons. The van der Waals surface area contributed by atoms with Crippen LogP contribution in [0.4, 0.5) is 5.69 Å². The number of non-ortho nitro benzene ring substituents is 1. The number of benzene rings is 1. The summed E-state index contributed by atoms with van der Waals surface area (Å²) in [7, 11) is 0. The van der Waals surface area contributed by atoms with Crippen LogP contribution in [0.25, 0.3) is 10.8 Å². The first-order valence-corrected chi connectivity index (χ1v) is 7.53. The van der Waals surface area contributed by atoms with Crippen LogP contribution in [0.2, 0.25) is 0 Å². The van der Waals surface area contributed by atoms with Crippen molar-refractivity contribution in [2.75, 3.05) is 0 Å². The number of rotatable bonds is 2. The highest BCUT2D eigenvalue weighted by Crippen LogP contribution is 2.39. The Labute approximate surface area is 127 Å². The standard InChI is InChI=1S/C16H19N3O3/c1-16(2)7-5-12(6-8-16)18-15(20)14-9-13(19(21)22)4-3-11(14)10-17-18/h3-4,9-10,12H,5-8H2,1-2H3. The summed E-state index contributed by atoms with van der Waals surface area (Å²) in [5, 5.41) is 16.2. The summed E-state index contributed by atoms with van der Waals surface area (Å²) >= 11 is 0. The van der Waals surface area contributed by atoms with Gasteiger partial charge in [-0.25, -0.2) is 4.68 Å². The van der Waals surface area contributed by atoms with E-state index >= 15 is 0 Å². The zero-order valence-corrected chi connectivity index (χ0v) is 12.8. The first kappa shape index (κ1) is 14.7. The van der Waals surface area contributed by atoms with E-state index in [4.69, 9.17) is 0 Å². The van der Waals surface area contributed by atoms with Crippen molar-refractivity contribution in [3.63, 3.8) is 0 Å². The number of nitro groups is 1. The maximum Gasteiger partial charge on any atom is 0.275 e. The summed E-state index contributed by atoms with van der Waals surface area (Å²) in [6, 6.07) is 4.42. The molecule has 0 unspecified atom stereocenters. The molecule has 0 spiro atoms. The number of hydrogen-bond donors (Lipinski definition) is 0. The van der Waals surface area contributed by atoms with E-state index in [1.54, 1.807) is 12.3 Å². The number of aromatic nitrogens is 2. The summed E-state index contributed by atoms with van der Waals surface area (Å²) < 4.78 is 1.52. The van der Waals surface area contributed by atoms with Crippen molar-refractivity contribution >= 4 is 16.5 Å². The second kappa shape index (κ2) is 5.19. The molecule has 6 nitrogen and oxygen atoms in total. The van der Waals surface area contributed by atoms with E-state index in [2.05, 4.69) is 18.9 Å². The lowest BCUT2D eigenvalue weighted by atomic mass is 9.75. The minimum Gasteiger partial charge on any atom is -0.267 e. The van der Waals surface area contributed by atoms with Gasteiger partial charge >= 0.3 is 0 Å². The summed E-state index contributed by atoms with van der Waals surface area (Å²) in [4.78, 5) is 23.1. The normalized spacial score (nSPS) is 18.5. The van der Waals surface area contributed by atoms with E-state index in [9.17, 15) is 14.9 Å². The van der Waals surface area contributed by atoms with Crippen LogP contribution >= 0.6 is 0 Å². The van der Waals surface area contributed by atoms with Crippen molar-refractivity contribution in [1.82, 2.24) is 9.78 Å². The van der Waals surface area contributed by atoms with Crippen LogP contribution in [0.5, 0.6) is 0 Å². The van der Waals surface area contributed by atoms with E-state index in [0.717, 1.165) is 25.7 Å². The molecule has 1 aromatic heterocycles. The molecule has 0 bridgehead atoms. The van der Waals surface area contributed by atoms with Gasteiger partial charge in [0.2, 0.25) is 0 Å². The van der Waals surface area contributed by atoms with Crippen molar-refractivity contribution in [3.05, 3.63) is 44.9 Å². The Morgan fingerprint density at radius 2 is 2.00 bits per heavy atom. The average molecular weight is 301 g/mol. The van der Waals surface area contributed by atoms with Gasteiger partial charge in [-0.05, 0) is 37.2 Å². The zero-order chi connectivity index (χ0) is 15.9. The smallest absolute Gasteiger partial charge is 0.267 e. The molecule has 1 fully saturated rings. The predicted molar refractivity (Wildman–Crippen MR) is 83.9 cm³/mol. The van der Waals surface area contributed by atoms with Crippen molar-refractivity contribution in [2.45, 2.75) is 45.6 Å². The van der Waals surface area contributed by atoms with Crippen LogP contribution < -0.4 is 5.56 Å². The van der Waals surface area contributed by atoms with Crippen molar-refractivity contribution in [1.29, 1.82) is 0 Å². The molecule has 0 amide bonds. The molecule has 22 heavy (non-hydrogen) atoms. The minimum atomic E-state index is -0.479. The summed E-state index contributed by atoms with van der Waals surface area (Å²) in [5.41, 5.74) is 0.0217. The van der Waals surface area contributed by atoms with Crippen LogP contribution in [-0.2, 0) is 0 Å². The largest absolute Gasteiger partial charge is 0.275 e. The molecular formula is C16H19N3O3. The highest BCUT2D eigenvalue weighted by molar-refractivity contribution is 5.82. The lowest BCUT2D eigenvalue weighted by Gasteiger charge is -2.34. The second-order valence-electron chi connectivity index (χ2n) is 6.82. The molecule has 0 saturated heterocycles. The van der Waals surface area contributed by atoms with Gasteiger partial charge in [-0.1, -0.05) is 13.8 Å². The first-order valence-electron chi connectivity index (χ1n) is 7.53. The fourth-order valence-corrected chi connectivity index (χ4v) is 3.14. The average Bonchev–Trinajstić information content (AvgIpc) is 2.48. The number of nitrogens with zero attached hydrogens (tertiary/aromatic N) is 3. The molecule has 1 aromatic carbocycles. The fraction of sp³-hybridized carbons (Fsp3) is 0.500. The van der Waals surface area contributed by atoms with Crippen LogP contribution in [0.15, 0.2) is 29.2 Å². The Bertz CT molecular complexity index is 785. The molecule has 6 heteroatoms. The van der Waals surface area contributed by atoms with Crippen LogP contribution in [0.1, 0.15) is 45.6 Å². The quantitative estimate of drug-likeness (QED) is 0.628. The number of hydrogen-bond acceptors (Lipinski definition) is 4. The third-order valence-electron chi connectivity index (χ3n) is 4.66. The van der Waals surface area contributed by atoms with Crippen molar-refractivity contribution < 1.29 is 4.92 Å². The molecule has 0 aliphatic heterocycles. The molecular weight excluding hydrogens is 282 g/mol. The van der Waals surface area contributed by atoms with Gasteiger partial charge in [0.1, 0.15) is 0 Å². The van der Waals surface area contributed by atoms with Gasteiger partial charge in [-0.2, -0.15) is 5.10 Å². The van der Waals surface area contributed by atoms with E-state index < -0.39 is 4.92 Å². The zero-order valence-electron chi connectivity index (χ0n) is 12.8. The maximum atomic E-state index is 12.6. The van der Waals surface area contributed by atoms with Gasteiger partial charge < -0.3 is 0 Å². The Morgan fingerprint density at radius 1 is 1.32 bits per heavy atom. The molecule has 3 rings (SSSR count). The SMILES string of the molecule is CC1(C)CCC(n2ncc3ccc([N+](=O)[O-])cc3c2=O)CC1. The molecule has 116 valence electrons. The van der Waals surface area contributed by atoms with Crippen LogP contribution in [0, 0.1) is 15.5 Å². The molecule has 1 aliphatic carbocycles. The number of fused-ring (bicyclic) bond motifs is 1. The van der Waals surface area contributed by atoms with Crippen LogP contribution in [0.3, 0.4) is 0 Å². The highest BCUT2D eigenvalue weighted by atomic mass is 16.6. The monoisotopic (exact) mass is 301 g/mol. The Kier molecular flexibility index (Phi) is 3.47. The van der Waals surface area contributed by atoms with Crippen molar-refractivity contribution in [2.24, 2.45) is 5.41 Å². The molecule has 0 N–H and O–H groups in total. The predicted octanol–water partition coefficient (Wildman–Crippen LogP) is 3.45. The van der Waals surface area contributed by atoms with Crippen molar-refractivity contribution in [3.8, 4) is 0 Å². The lowest BCUT2D eigenvalue weighted by Crippen LogP contribution is -2.31. The summed E-state index contributed by atoms with van der Waals surface area (Å²) in [6.07, 6.45) is 5.57.